The largest absolute Gasteiger partial charge is 0.444 e. The lowest BCUT2D eigenvalue weighted by molar-refractivity contribution is 0.0489. The summed E-state index contributed by atoms with van der Waals surface area (Å²) in [5, 5.41) is 2.97. The van der Waals surface area contributed by atoms with E-state index in [2.05, 4.69) is 22.1 Å². The van der Waals surface area contributed by atoms with Gasteiger partial charge in [0.1, 0.15) is 5.60 Å². The van der Waals surface area contributed by atoms with Crippen molar-refractivity contribution in [3.05, 3.63) is 12.4 Å². The first kappa shape index (κ1) is 16.6. The molecule has 0 saturated carbocycles. The van der Waals surface area contributed by atoms with Gasteiger partial charge < -0.3 is 19.5 Å². The van der Waals surface area contributed by atoms with Crippen LogP contribution in [0.15, 0.2) is 12.4 Å². The topological polar surface area (TPSA) is 59.4 Å². The van der Waals surface area contributed by atoms with Gasteiger partial charge in [-0.15, -0.1) is 0 Å². The zero-order valence-electron chi connectivity index (χ0n) is 14.3. The lowest BCUT2D eigenvalue weighted by Gasteiger charge is -2.36. The normalized spacial score (nSPS) is 20.6. The average Bonchev–Trinajstić information content (AvgIpc) is 2.83. The van der Waals surface area contributed by atoms with Gasteiger partial charge in [-0.3, -0.25) is 0 Å². The smallest absolute Gasteiger partial charge is 0.407 e. The predicted molar refractivity (Wildman–Crippen MR) is 87.0 cm³/mol. The Kier molecular flexibility index (Phi) is 4.98. The Balaban J connectivity index is 1.92. The van der Waals surface area contributed by atoms with E-state index in [1.165, 1.54) is 0 Å². The van der Waals surface area contributed by atoms with Crippen molar-refractivity contribution in [3.8, 4) is 0 Å². The van der Waals surface area contributed by atoms with Crippen molar-refractivity contribution in [2.24, 2.45) is 13.0 Å². The average molecular weight is 308 g/mol. The lowest BCUT2D eigenvalue weighted by atomic mass is 9.92. The molecule has 2 unspecified atom stereocenters. The number of amides is 1. The quantitative estimate of drug-likeness (QED) is 0.932. The monoisotopic (exact) mass is 308 g/mol. The standard InChI is InChI=1S/C16H28N4O2/c1-12(18-15(21)22-16(2,3)4)13-7-6-9-20(11-13)14-17-8-10-19(14)5/h8,10,12-13H,6-7,9,11H2,1-5H3,(H,18,21). The Morgan fingerprint density at radius 2 is 2.23 bits per heavy atom. The first-order chi connectivity index (χ1) is 10.3. The van der Waals surface area contributed by atoms with Gasteiger partial charge in [0.25, 0.3) is 0 Å². The summed E-state index contributed by atoms with van der Waals surface area (Å²) in [6.07, 6.45) is 5.66. The maximum atomic E-state index is 11.9. The third kappa shape index (κ3) is 4.39. The number of hydrogen-bond donors (Lipinski definition) is 1. The number of rotatable bonds is 3. The minimum Gasteiger partial charge on any atom is -0.444 e. The Bertz CT molecular complexity index is 506. The molecule has 1 amide bonds. The van der Waals surface area contributed by atoms with Gasteiger partial charge in [0, 0.05) is 38.6 Å². The first-order valence-corrected chi connectivity index (χ1v) is 7.98. The van der Waals surface area contributed by atoms with Gasteiger partial charge in [-0.05, 0) is 46.5 Å². The van der Waals surface area contributed by atoms with Gasteiger partial charge in [-0.2, -0.15) is 0 Å². The fourth-order valence-corrected chi connectivity index (χ4v) is 2.87. The molecule has 1 aliphatic rings. The van der Waals surface area contributed by atoms with Gasteiger partial charge in [-0.1, -0.05) is 0 Å². The molecule has 124 valence electrons. The van der Waals surface area contributed by atoms with E-state index in [0.29, 0.717) is 5.92 Å². The van der Waals surface area contributed by atoms with Crippen molar-refractivity contribution in [3.63, 3.8) is 0 Å². The SMILES string of the molecule is CC(NC(=O)OC(C)(C)C)C1CCCN(c2nccn2C)C1. The number of carbonyl (C=O) groups excluding carboxylic acids is 1. The van der Waals surface area contributed by atoms with Crippen LogP contribution in [0, 0.1) is 5.92 Å². The fourth-order valence-electron chi connectivity index (χ4n) is 2.87. The third-order valence-corrected chi connectivity index (χ3v) is 3.99. The molecule has 2 atom stereocenters. The van der Waals surface area contributed by atoms with Crippen molar-refractivity contribution in [2.75, 3.05) is 18.0 Å². The second kappa shape index (κ2) is 6.58. The van der Waals surface area contributed by atoms with E-state index < -0.39 is 5.60 Å². The molecule has 1 N–H and O–H groups in total. The van der Waals surface area contributed by atoms with Crippen LogP contribution in [-0.4, -0.2) is 40.4 Å². The first-order valence-electron chi connectivity index (χ1n) is 7.98. The molecule has 0 bridgehead atoms. The molecule has 22 heavy (non-hydrogen) atoms. The summed E-state index contributed by atoms with van der Waals surface area (Å²) in [7, 11) is 2.01. The number of imidazole rings is 1. The zero-order valence-corrected chi connectivity index (χ0v) is 14.3. The summed E-state index contributed by atoms with van der Waals surface area (Å²) in [5.41, 5.74) is -0.463. The van der Waals surface area contributed by atoms with E-state index in [9.17, 15) is 4.79 Å². The number of nitrogens with zero attached hydrogens (tertiary/aromatic N) is 3. The van der Waals surface area contributed by atoms with Crippen molar-refractivity contribution < 1.29 is 9.53 Å². The number of carbonyl (C=O) groups is 1. The van der Waals surface area contributed by atoms with Crippen molar-refractivity contribution in [2.45, 2.75) is 52.2 Å². The second-order valence-electron chi connectivity index (χ2n) is 7.12. The Hall–Kier alpha value is -1.72. The summed E-state index contributed by atoms with van der Waals surface area (Å²) >= 11 is 0. The van der Waals surface area contributed by atoms with Gasteiger partial charge >= 0.3 is 6.09 Å². The van der Waals surface area contributed by atoms with Crippen LogP contribution in [0.5, 0.6) is 0 Å². The number of ether oxygens (including phenoxy) is 1. The van der Waals surface area contributed by atoms with Crippen LogP contribution in [-0.2, 0) is 11.8 Å². The molecule has 6 heteroatoms. The highest BCUT2D eigenvalue weighted by Crippen LogP contribution is 2.24. The minimum absolute atomic E-state index is 0.0814. The number of piperidine rings is 1. The summed E-state index contributed by atoms with van der Waals surface area (Å²) in [4.78, 5) is 18.6. The third-order valence-electron chi connectivity index (χ3n) is 3.99. The lowest BCUT2D eigenvalue weighted by Crippen LogP contribution is -2.47. The molecular formula is C16H28N4O2. The van der Waals surface area contributed by atoms with Gasteiger partial charge in [0.2, 0.25) is 5.95 Å². The molecule has 0 aliphatic carbocycles. The molecule has 2 rings (SSSR count). The molecule has 0 radical (unpaired) electrons. The molecule has 1 aromatic rings. The number of anilines is 1. The summed E-state index contributed by atoms with van der Waals surface area (Å²) in [5.74, 6) is 1.40. The van der Waals surface area contributed by atoms with Crippen LogP contribution in [0.4, 0.5) is 10.7 Å². The fraction of sp³-hybridized carbons (Fsp3) is 0.750. The van der Waals surface area contributed by atoms with Crippen LogP contribution in [0.3, 0.4) is 0 Å². The van der Waals surface area contributed by atoms with Gasteiger partial charge in [0.15, 0.2) is 0 Å². The van der Waals surface area contributed by atoms with Gasteiger partial charge in [-0.25, -0.2) is 9.78 Å². The number of alkyl carbamates (subject to hydrolysis) is 1. The highest BCUT2D eigenvalue weighted by Gasteiger charge is 2.28. The molecule has 0 spiro atoms. The van der Waals surface area contributed by atoms with Crippen molar-refractivity contribution >= 4 is 12.0 Å². The van der Waals surface area contributed by atoms with Gasteiger partial charge in [0.05, 0.1) is 0 Å². The summed E-state index contributed by atoms with van der Waals surface area (Å²) in [6, 6.07) is 0.0814. The molecule has 6 nitrogen and oxygen atoms in total. The number of aryl methyl sites for hydroxylation is 1. The molecular weight excluding hydrogens is 280 g/mol. The summed E-state index contributed by atoms with van der Waals surface area (Å²) < 4.78 is 7.37. The maximum absolute atomic E-state index is 11.9. The number of hydrogen-bond acceptors (Lipinski definition) is 4. The van der Waals surface area contributed by atoms with Crippen LogP contribution in [0.2, 0.25) is 0 Å². The highest BCUT2D eigenvalue weighted by atomic mass is 16.6. The van der Waals surface area contributed by atoms with E-state index in [0.717, 1.165) is 31.9 Å². The van der Waals surface area contributed by atoms with Crippen LogP contribution in [0.25, 0.3) is 0 Å². The van der Waals surface area contributed by atoms with Crippen LogP contribution < -0.4 is 10.2 Å². The minimum atomic E-state index is -0.463. The Labute approximate surface area is 132 Å². The van der Waals surface area contributed by atoms with Crippen molar-refractivity contribution in [1.29, 1.82) is 0 Å². The van der Waals surface area contributed by atoms with E-state index in [-0.39, 0.29) is 12.1 Å². The van der Waals surface area contributed by atoms with E-state index in [1.54, 1.807) is 0 Å². The highest BCUT2D eigenvalue weighted by molar-refractivity contribution is 5.68. The molecule has 0 aromatic carbocycles. The van der Waals surface area contributed by atoms with Crippen molar-refractivity contribution in [1.82, 2.24) is 14.9 Å². The second-order valence-corrected chi connectivity index (χ2v) is 7.12. The molecule has 1 aliphatic heterocycles. The number of aromatic nitrogens is 2. The molecule has 1 saturated heterocycles. The van der Waals surface area contributed by atoms with E-state index in [1.807, 2.05) is 44.8 Å². The Morgan fingerprint density at radius 3 is 2.82 bits per heavy atom. The molecule has 1 fully saturated rings. The van der Waals surface area contributed by atoms with Crippen LogP contribution >= 0.6 is 0 Å². The maximum Gasteiger partial charge on any atom is 0.407 e. The van der Waals surface area contributed by atoms with Crippen LogP contribution in [0.1, 0.15) is 40.5 Å². The number of nitrogens with one attached hydrogen (secondary N) is 1. The van der Waals surface area contributed by atoms with E-state index >= 15 is 0 Å². The van der Waals surface area contributed by atoms with E-state index in [4.69, 9.17) is 4.74 Å². The molecule has 2 heterocycles. The molecule has 1 aromatic heterocycles. The zero-order chi connectivity index (χ0) is 16.3. The Morgan fingerprint density at radius 1 is 1.50 bits per heavy atom. The predicted octanol–water partition coefficient (Wildman–Crippen LogP) is 2.55. The summed E-state index contributed by atoms with van der Waals surface area (Å²) in [6.45, 7) is 9.60.